The molecule has 0 N–H and O–H groups in total. The fourth-order valence-corrected chi connectivity index (χ4v) is 4.97. The van der Waals surface area contributed by atoms with Crippen LogP contribution >= 0.6 is 0 Å². The Morgan fingerprint density at radius 2 is 1.45 bits per heavy atom. The van der Waals surface area contributed by atoms with Crippen LogP contribution in [0.3, 0.4) is 0 Å². The van der Waals surface area contributed by atoms with Gasteiger partial charge in [-0.2, -0.15) is 0 Å². The first-order valence-corrected chi connectivity index (χ1v) is 11.5. The van der Waals surface area contributed by atoms with E-state index in [1.54, 1.807) is 19.1 Å². The lowest BCUT2D eigenvalue weighted by Crippen LogP contribution is -2.54. The molecule has 0 saturated carbocycles. The van der Waals surface area contributed by atoms with Crippen LogP contribution in [0.4, 0.5) is 5.69 Å². The van der Waals surface area contributed by atoms with Gasteiger partial charge >= 0.3 is 0 Å². The summed E-state index contributed by atoms with van der Waals surface area (Å²) in [6.45, 7) is 5.10. The molecule has 2 aliphatic heterocycles. The van der Waals surface area contributed by atoms with Crippen LogP contribution < -0.4 is 14.4 Å². The number of ether oxygens (including phenoxy) is 3. The summed E-state index contributed by atoms with van der Waals surface area (Å²) >= 11 is 0. The average Bonchev–Trinajstić information content (AvgIpc) is 2.83. The van der Waals surface area contributed by atoms with Crippen molar-refractivity contribution in [2.75, 3.05) is 32.2 Å². The molecule has 2 fully saturated rings. The number of amides is 2. The summed E-state index contributed by atoms with van der Waals surface area (Å²) in [5.41, 5.74) is 1.66. The molecule has 4 rings (SSSR count). The molecule has 7 heteroatoms. The van der Waals surface area contributed by atoms with E-state index in [1.807, 2.05) is 67.3 Å². The maximum atomic E-state index is 13.8. The third-order valence-electron chi connectivity index (χ3n) is 6.45. The highest BCUT2D eigenvalue weighted by molar-refractivity contribution is 5.97. The first kappa shape index (κ1) is 23.1. The molecule has 33 heavy (non-hydrogen) atoms. The molecule has 0 radical (unpaired) electrons. The Balaban J connectivity index is 1.73. The molecule has 4 atom stereocenters. The van der Waals surface area contributed by atoms with Crippen molar-refractivity contribution in [1.29, 1.82) is 0 Å². The van der Waals surface area contributed by atoms with Crippen molar-refractivity contribution in [2.24, 2.45) is 5.92 Å². The van der Waals surface area contributed by atoms with E-state index < -0.39 is 6.04 Å². The Bertz CT molecular complexity index is 965. The van der Waals surface area contributed by atoms with E-state index in [1.165, 1.54) is 0 Å². The normalized spacial score (nSPS) is 25.6. The largest absolute Gasteiger partial charge is 0.497 e. The Kier molecular flexibility index (Phi) is 6.88. The third-order valence-corrected chi connectivity index (χ3v) is 6.45. The van der Waals surface area contributed by atoms with E-state index in [0.717, 1.165) is 17.0 Å². The van der Waals surface area contributed by atoms with Crippen LogP contribution in [0.25, 0.3) is 0 Å². The van der Waals surface area contributed by atoms with Gasteiger partial charge in [0.25, 0.3) is 0 Å². The molecular formula is C26H32N2O5. The number of nitrogens with zero attached hydrogens (tertiary/aromatic N) is 2. The van der Waals surface area contributed by atoms with Gasteiger partial charge in [-0.1, -0.05) is 12.1 Å². The zero-order valence-electron chi connectivity index (χ0n) is 19.7. The number of anilines is 1. The second-order valence-electron chi connectivity index (χ2n) is 8.83. The lowest BCUT2D eigenvalue weighted by Gasteiger charge is -2.44. The molecule has 0 aromatic heterocycles. The molecular weight excluding hydrogens is 420 g/mol. The molecule has 0 unspecified atom stereocenters. The summed E-state index contributed by atoms with van der Waals surface area (Å²) in [6.07, 6.45) is 0.811. The second-order valence-corrected chi connectivity index (χ2v) is 8.83. The van der Waals surface area contributed by atoms with Crippen molar-refractivity contribution >= 4 is 17.5 Å². The molecule has 2 aromatic rings. The number of hydrogen-bond donors (Lipinski definition) is 0. The van der Waals surface area contributed by atoms with Gasteiger partial charge in [0.1, 0.15) is 11.5 Å². The van der Waals surface area contributed by atoms with E-state index in [4.69, 9.17) is 14.2 Å². The van der Waals surface area contributed by atoms with Crippen LogP contribution in [0, 0.1) is 5.92 Å². The summed E-state index contributed by atoms with van der Waals surface area (Å²) in [6, 6.07) is 14.7. The number of benzene rings is 2. The summed E-state index contributed by atoms with van der Waals surface area (Å²) in [5.74, 6) is 1.18. The minimum Gasteiger partial charge on any atom is -0.497 e. The van der Waals surface area contributed by atoms with Gasteiger partial charge in [0.2, 0.25) is 11.8 Å². The van der Waals surface area contributed by atoms with Gasteiger partial charge in [-0.25, -0.2) is 0 Å². The minimum absolute atomic E-state index is 0.00810. The first-order chi connectivity index (χ1) is 15.9. The Morgan fingerprint density at radius 1 is 0.909 bits per heavy atom. The number of carbonyl (C=O) groups excluding carboxylic acids is 2. The minimum atomic E-state index is -0.411. The molecule has 2 saturated heterocycles. The van der Waals surface area contributed by atoms with Crippen molar-refractivity contribution in [1.82, 2.24) is 4.90 Å². The van der Waals surface area contributed by atoms with E-state index in [9.17, 15) is 9.59 Å². The quantitative estimate of drug-likeness (QED) is 0.690. The lowest BCUT2D eigenvalue weighted by molar-refractivity contribution is -0.149. The number of hydrogen-bond acceptors (Lipinski definition) is 5. The van der Waals surface area contributed by atoms with Crippen molar-refractivity contribution in [2.45, 2.75) is 44.9 Å². The first-order valence-electron chi connectivity index (χ1n) is 11.5. The Morgan fingerprint density at radius 3 is 2.00 bits per heavy atom. The fourth-order valence-electron chi connectivity index (χ4n) is 4.97. The number of rotatable bonds is 5. The molecule has 2 aromatic carbocycles. The zero-order chi connectivity index (χ0) is 23.5. The van der Waals surface area contributed by atoms with Crippen LogP contribution in [0.2, 0.25) is 0 Å². The van der Waals surface area contributed by atoms with Crippen LogP contribution in [-0.4, -0.2) is 56.2 Å². The SMILES string of the molecule is COc1ccc([C@@H]2[C@H](C(=O)N3C[C@H](C)O[C@@H](C)C3)CCC(=O)N2c2ccc(OC)cc2)cc1. The van der Waals surface area contributed by atoms with E-state index in [2.05, 4.69) is 0 Å². The van der Waals surface area contributed by atoms with E-state index in [0.29, 0.717) is 31.7 Å². The number of piperidine rings is 1. The number of methoxy groups -OCH3 is 2. The van der Waals surface area contributed by atoms with Crippen LogP contribution in [0.15, 0.2) is 48.5 Å². The predicted molar refractivity (Wildman–Crippen MR) is 126 cm³/mol. The molecule has 2 aliphatic rings. The standard InChI is InChI=1S/C26H32N2O5/c1-17-15-27(16-18(2)33-17)26(30)23-13-14-24(29)28(20-7-11-22(32-4)12-8-20)25(23)19-5-9-21(31-3)10-6-19/h5-12,17-18,23,25H,13-16H2,1-4H3/t17-,18-,23+,25+/m0/s1. The van der Waals surface area contributed by atoms with Crippen LogP contribution in [-0.2, 0) is 14.3 Å². The fraction of sp³-hybridized carbons (Fsp3) is 0.462. The Hall–Kier alpha value is -3.06. The molecule has 0 spiro atoms. The van der Waals surface area contributed by atoms with E-state index in [-0.39, 0.29) is 29.9 Å². The summed E-state index contributed by atoms with van der Waals surface area (Å²) in [5, 5.41) is 0. The topological polar surface area (TPSA) is 68.3 Å². The van der Waals surface area contributed by atoms with Gasteiger partial charge in [-0.3, -0.25) is 9.59 Å². The van der Waals surface area contributed by atoms with Crippen molar-refractivity contribution in [3.8, 4) is 11.5 Å². The lowest BCUT2D eigenvalue weighted by atomic mass is 9.82. The van der Waals surface area contributed by atoms with Gasteiger partial charge in [-0.05, 0) is 62.2 Å². The van der Waals surface area contributed by atoms with Gasteiger partial charge in [0.05, 0.1) is 38.4 Å². The third kappa shape index (κ3) is 4.83. The van der Waals surface area contributed by atoms with E-state index >= 15 is 0 Å². The monoisotopic (exact) mass is 452 g/mol. The molecule has 0 bridgehead atoms. The van der Waals surface area contributed by atoms with Gasteiger partial charge < -0.3 is 24.0 Å². The van der Waals surface area contributed by atoms with Crippen LogP contribution in [0.5, 0.6) is 11.5 Å². The molecule has 7 nitrogen and oxygen atoms in total. The zero-order valence-corrected chi connectivity index (χ0v) is 19.7. The summed E-state index contributed by atoms with van der Waals surface area (Å²) in [7, 11) is 3.23. The highest BCUT2D eigenvalue weighted by Crippen LogP contribution is 2.41. The number of morpholine rings is 1. The van der Waals surface area contributed by atoms with Gasteiger partial charge in [0, 0.05) is 25.2 Å². The maximum Gasteiger partial charge on any atom is 0.228 e. The average molecular weight is 453 g/mol. The van der Waals surface area contributed by atoms with Crippen LogP contribution in [0.1, 0.15) is 38.3 Å². The van der Waals surface area contributed by atoms with Crippen molar-refractivity contribution in [3.05, 3.63) is 54.1 Å². The molecule has 2 heterocycles. The summed E-state index contributed by atoms with van der Waals surface area (Å²) in [4.78, 5) is 30.7. The highest BCUT2D eigenvalue weighted by atomic mass is 16.5. The van der Waals surface area contributed by atoms with Gasteiger partial charge in [0.15, 0.2) is 0 Å². The Labute approximate surface area is 195 Å². The summed E-state index contributed by atoms with van der Waals surface area (Å²) < 4.78 is 16.4. The number of carbonyl (C=O) groups is 2. The van der Waals surface area contributed by atoms with Crippen molar-refractivity contribution < 1.29 is 23.8 Å². The van der Waals surface area contributed by atoms with Gasteiger partial charge in [-0.15, -0.1) is 0 Å². The van der Waals surface area contributed by atoms with Crippen molar-refractivity contribution in [3.63, 3.8) is 0 Å². The molecule has 2 amide bonds. The predicted octanol–water partition coefficient (Wildman–Crippen LogP) is 3.82. The molecule has 176 valence electrons. The smallest absolute Gasteiger partial charge is 0.228 e. The highest BCUT2D eigenvalue weighted by Gasteiger charge is 2.43. The molecule has 0 aliphatic carbocycles. The second kappa shape index (κ2) is 9.83. The maximum absolute atomic E-state index is 13.8.